The average molecular weight is 500 g/mol. The van der Waals surface area contributed by atoms with Gasteiger partial charge in [-0.05, 0) is 109 Å². The molecule has 2 aromatic carbocycles. The molecule has 1 fully saturated rings. The minimum atomic E-state index is 0.722. The molecule has 2 aliphatic heterocycles. The van der Waals surface area contributed by atoms with Crippen LogP contribution < -0.4 is 10.2 Å². The van der Waals surface area contributed by atoms with Gasteiger partial charge in [-0.2, -0.15) is 0 Å². The summed E-state index contributed by atoms with van der Waals surface area (Å²) in [5, 5.41) is 3.47. The lowest BCUT2D eigenvalue weighted by Gasteiger charge is -2.34. The zero-order valence-electron chi connectivity index (χ0n) is 17.2. The van der Waals surface area contributed by atoms with Crippen LogP contribution in [0.5, 0.6) is 0 Å². The Morgan fingerprint density at radius 3 is 2.62 bits per heavy atom. The van der Waals surface area contributed by atoms with Crippen molar-refractivity contribution in [2.75, 3.05) is 50.5 Å². The minimum absolute atomic E-state index is 0.722. The molecule has 29 heavy (non-hydrogen) atoms. The lowest BCUT2D eigenvalue weighted by Crippen LogP contribution is -2.37. The van der Waals surface area contributed by atoms with Crippen LogP contribution >= 0.6 is 22.6 Å². The Kier molecular flexibility index (Phi) is 6.55. The second-order valence-corrected chi connectivity index (χ2v) is 9.50. The third kappa shape index (κ3) is 5.20. The summed E-state index contributed by atoms with van der Waals surface area (Å²) in [4.78, 5) is 9.32. The van der Waals surface area contributed by atoms with E-state index in [1.54, 1.807) is 0 Å². The molecule has 2 aliphatic rings. The summed E-state index contributed by atoms with van der Waals surface area (Å²) in [6, 6.07) is 15.3. The summed E-state index contributed by atoms with van der Waals surface area (Å²) < 4.78 is 1.25. The highest BCUT2D eigenvalue weighted by atomic mass is 127. The lowest BCUT2D eigenvalue weighted by molar-refractivity contribution is 0.285. The number of nitrogens with one attached hydrogen (secondary N) is 1. The molecular weight excluding hydrogens is 471 g/mol. The van der Waals surface area contributed by atoms with E-state index in [1.807, 2.05) is 6.21 Å². The molecule has 0 amide bonds. The Bertz CT molecular complexity index is 894. The summed E-state index contributed by atoms with van der Waals surface area (Å²) >= 11 is 2.37. The van der Waals surface area contributed by atoms with Crippen molar-refractivity contribution in [3.63, 3.8) is 0 Å². The van der Waals surface area contributed by atoms with Gasteiger partial charge in [0.15, 0.2) is 0 Å². The molecule has 0 aliphatic carbocycles. The normalized spacial score (nSPS) is 18.3. The fourth-order valence-corrected chi connectivity index (χ4v) is 4.69. The Morgan fingerprint density at radius 2 is 1.90 bits per heavy atom. The van der Waals surface area contributed by atoms with E-state index in [9.17, 15) is 0 Å². The summed E-state index contributed by atoms with van der Waals surface area (Å²) in [7, 11) is 4.35. The highest BCUT2D eigenvalue weighted by Gasteiger charge is 2.19. The molecule has 0 aromatic heterocycles. The maximum atomic E-state index is 4.50. The van der Waals surface area contributed by atoms with Crippen molar-refractivity contribution in [3.05, 3.63) is 63.4 Å². The number of aliphatic imine (C=N–C) groups is 1. The summed E-state index contributed by atoms with van der Waals surface area (Å²) in [5.74, 6) is 0.831. The van der Waals surface area contributed by atoms with Crippen LogP contribution in [0.15, 0.2) is 53.7 Å². The molecular formula is C24H29IN4. The highest BCUT2D eigenvalue weighted by molar-refractivity contribution is 14.1. The van der Waals surface area contributed by atoms with E-state index in [0.29, 0.717) is 0 Å². The third-order valence-electron chi connectivity index (χ3n) is 5.74. The lowest BCUT2D eigenvalue weighted by atomic mass is 9.96. The van der Waals surface area contributed by atoms with Crippen molar-refractivity contribution in [1.82, 2.24) is 4.90 Å². The molecule has 0 spiro atoms. The van der Waals surface area contributed by atoms with E-state index in [4.69, 9.17) is 0 Å². The maximum Gasteiger partial charge on any atom is 0.0660 e. The molecule has 152 valence electrons. The van der Waals surface area contributed by atoms with Gasteiger partial charge in [-0.15, -0.1) is 0 Å². The van der Waals surface area contributed by atoms with Crippen molar-refractivity contribution in [2.24, 2.45) is 10.9 Å². The van der Waals surface area contributed by atoms with Gasteiger partial charge in [0, 0.05) is 47.0 Å². The molecule has 0 saturated carbocycles. The van der Waals surface area contributed by atoms with E-state index >= 15 is 0 Å². The molecule has 4 nitrogen and oxygen atoms in total. The van der Waals surface area contributed by atoms with Crippen LogP contribution in [0.4, 0.5) is 11.4 Å². The number of halogens is 1. The van der Waals surface area contributed by atoms with Crippen LogP contribution in [0, 0.1) is 9.49 Å². The first-order valence-electron chi connectivity index (χ1n) is 10.3. The van der Waals surface area contributed by atoms with E-state index < -0.39 is 0 Å². The van der Waals surface area contributed by atoms with E-state index in [-0.39, 0.29) is 0 Å². The Balaban J connectivity index is 1.38. The van der Waals surface area contributed by atoms with Crippen LogP contribution in [0.25, 0.3) is 5.57 Å². The summed E-state index contributed by atoms with van der Waals surface area (Å²) in [6.07, 6.45) is 6.64. The van der Waals surface area contributed by atoms with E-state index in [0.717, 1.165) is 31.2 Å². The average Bonchev–Trinajstić information content (AvgIpc) is 2.73. The highest BCUT2D eigenvalue weighted by Crippen LogP contribution is 2.27. The van der Waals surface area contributed by atoms with Gasteiger partial charge in [0.2, 0.25) is 0 Å². The van der Waals surface area contributed by atoms with E-state index in [1.165, 1.54) is 45.3 Å². The van der Waals surface area contributed by atoms with Crippen LogP contribution in [-0.4, -0.2) is 51.4 Å². The fraction of sp³-hybridized carbons (Fsp3) is 0.375. The van der Waals surface area contributed by atoms with Gasteiger partial charge in [-0.1, -0.05) is 6.07 Å². The van der Waals surface area contributed by atoms with Crippen molar-refractivity contribution < 1.29 is 0 Å². The first kappa shape index (κ1) is 20.4. The van der Waals surface area contributed by atoms with Gasteiger partial charge in [0.05, 0.1) is 6.54 Å². The first-order valence-corrected chi connectivity index (χ1v) is 11.4. The predicted octanol–water partition coefficient (Wildman–Crippen LogP) is 4.95. The molecule has 1 saturated heterocycles. The smallest absolute Gasteiger partial charge is 0.0660 e. The first-order chi connectivity index (χ1) is 14.1. The molecule has 2 heterocycles. The number of anilines is 2. The largest absolute Gasteiger partial charge is 0.372 e. The monoisotopic (exact) mass is 500 g/mol. The number of hydrogen-bond donors (Lipinski definition) is 1. The number of fused-ring (bicyclic) bond motifs is 1. The zero-order chi connectivity index (χ0) is 20.2. The van der Waals surface area contributed by atoms with Crippen molar-refractivity contribution >= 4 is 45.8 Å². The molecule has 4 rings (SSSR count). The van der Waals surface area contributed by atoms with Crippen LogP contribution in [-0.2, 0) is 0 Å². The van der Waals surface area contributed by atoms with Crippen molar-refractivity contribution in [3.8, 4) is 0 Å². The number of piperidine rings is 1. The van der Waals surface area contributed by atoms with Gasteiger partial charge in [-0.3, -0.25) is 4.99 Å². The Hall–Kier alpha value is -1.86. The minimum Gasteiger partial charge on any atom is -0.372 e. The molecule has 5 heteroatoms. The second-order valence-electron chi connectivity index (χ2n) is 8.25. The van der Waals surface area contributed by atoms with Gasteiger partial charge in [0.25, 0.3) is 0 Å². The second kappa shape index (κ2) is 9.30. The summed E-state index contributed by atoms with van der Waals surface area (Å²) in [6.45, 7) is 4.24. The zero-order valence-corrected chi connectivity index (χ0v) is 19.4. The van der Waals surface area contributed by atoms with Crippen LogP contribution in [0.1, 0.15) is 24.0 Å². The molecule has 0 atom stereocenters. The van der Waals surface area contributed by atoms with Crippen LogP contribution in [0.2, 0.25) is 0 Å². The molecule has 1 N–H and O–H groups in total. The SMILES string of the molecule is CN(C)CC1CCN(c2ccc(N/C=C3\CN=Cc4ccc(I)cc43)cc2)CC1. The standard InChI is InChI=1S/C24H29IN4/c1-28(2)17-18-9-11-29(12-10-18)23-7-5-22(6-8-23)27-16-20-15-26-14-19-3-4-21(25)13-24(19)20/h3-8,13-14,16,18,27H,9-12,15,17H2,1-2H3/b20-16+. The Morgan fingerprint density at radius 1 is 1.14 bits per heavy atom. The third-order valence-corrected chi connectivity index (χ3v) is 6.41. The number of nitrogens with zero attached hydrogens (tertiary/aromatic N) is 3. The van der Waals surface area contributed by atoms with Gasteiger partial charge >= 0.3 is 0 Å². The molecule has 0 bridgehead atoms. The van der Waals surface area contributed by atoms with Gasteiger partial charge in [0.1, 0.15) is 0 Å². The quantitative estimate of drug-likeness (QED) is 0.590. The summed E-state index contributed by atoms with van der Waals surface area (Å²) in [5.41, 5.74) is 6.14. The topological polar surface area (TPSA) is 30.9 Å². The number of benzene rings is 2. The van der Waals surface area contributed by atoms with Gasteiger partial charge in [-0.25, -0.2) is 0 Å². The maximum absolute atomic E-state index is 4.50. The number of rotatable bonds is 5. The molecule has 0 unspecified atom stereocenters. The fourth-order valence-electron chi connectivity index (χ4n) is 4.20. The van der Waals surface area contributed by atoms with Crippen molar-refractivity contribution in [1.29, 1.82) is 0 Å². The van der Waals surface area contributed by atoms with Crippen molar-refractivity contribution in [2.45, 2.75) is 12.8 Å². The van der Waals surface area contributed by atoms with Crippen LogP contribution in [0.3, 0.4) is 0 Å². The Labute approximate surface area is 187 Å². The van der Waals surface area contributed by atoms with Gasteiger partial charge < -0.3 is 15.1 Å². The van der Waals surface area contributed by atoms with E-state index in [2.05, 4.69) is 105 Å². The number of hydrogen-bond acceptors (Lipinski definition) is 4. The molecule has 2 aromatic rings. The molecule has 0 radical (unpaired) electrons. The predicted molar refractivity (Wildman–Crippen MR) is 133 cm³/mol.